The molecule has 0 aromatic heterocycles. The average Bonchev–Trinajstić information content (AvgIpc) is 2.57. The normalized spacial score (nSPS) is 19.5. The molecule has 4 nitrogen and oxygen atoms in total. The Hall–Kier alpha value is -1.87. The summed E-state index contributed by atoms with van der Waals surface area (Å²) in [5.74, 6) is -1.22. The van der Waals surface area contributed by atoms with Crippen LogP contribution in [0.5, 0.6) is 0 Å². The van der Waals surface area contributed by atoms with Gasteiger partial charge in [0.2, 0.25) is 11.8 Å². The van der Waals surface area contributed by atoms with Crippen molar-refractivity contribution in [1.29, 1.82) is 5.26 Å². The van der Waals surface area contributed by atoms with Gasteiger partial charge < -0.3 is 0 Å². The molecule has 0 aliphatic carbocycles. The average molecular weight is 250 g/mol. The number of imide groups is 1. The third kappa shape index (κ3) is 2.15. The Morgan fingerprint density at radius 1 is 1.35 bits per heavy atom. The van der Waals surface area contributed by atoms with Gasteiger partial charge in [0.05, 0.1) is 5.69 Å². The molecule has 1 atom stereocenters. The van der Waals surface area contributed by atoms with Crippen LogP contribution in [0, 0.1) is 16.5 Å². The van der Waals surface area contributed by atoms with E-state index in [0.29, 0.717) is 5.69 Å². The number of nitrogens with zero attached hydrogens (tertiary/aromatic N) is 2. The number of anilines is 1. The molecule has 0 saturated carbocycles. The molecule has 86 valence electrons. The number of thiocyanates is 1. The molecule has 1 aromatic carbocycles. The zero-order chi connectivity index (χ0) is 12.4. The van der Waals surface area contributed by atoms with Crippen molar-refractivity contribution in [3.63, 3.8) is 0 Å². The number of halogens is 1. The van der Waals surface area contributed by atoms with Crippen molar-refractivity contribution in [2.75, 3.05) is 4.90 Å². The van der Waals surface area contributed by atoms with Crippen molar-refractivity contribution in [2.24, 2.45) is 0 Å². The largest absolute Gasteiger partial charge is 0.274 e. The maximum Gasteiger partial charge on any atom is 0.248 e. The monoisotopic (exact) mass is 250 g/mol. The zero-order valence-electron chi connectivity index (χ0n) is 8.59. The fourth-order valence-corrected chi connectivity index (χ4v) is 2.18. The third-order valence-electron chi connectivity index (χ3n) is 2.39. The summed E-state index contributed by atoms with van der Waals surface area (Å²) in [6.07, 6.45) is 0.00837. The van der Waals surface area contributed by atoms with Gasteiger partial charge in [-0.1, -0.05) is 0 Å². The zero-order valence-corrected chi connectivity index (χ0v) is 9.41. The Bertz CT molecular complexity index is 509. The fourth-order valence-electron chi connectivity index (χ4n) is 1.62. The third-order valence-corrected chi connectivity index (χ3v) is 3.14. The first-order valence-electron chi connectivity index (χ1n) is 4.80. The van der Waals surface area contributed by atoms with Crippen molar-refractivity contribution in [3.8, 4) is 5.40 Å². The first kappa shape index (κ1) is 11.6. The molecular weight excluding hydrogens is 243 g/mol. The second-order valence-electron chi connectivity index (χ2n) is 3.45. The van der Waals surface area contributed by atoms with E-state index in [0.717, 1.165) is 16.7 Å². The minimum Gasteiger partial charge on any atom is -0.274 e. The van der Waals surface area contributed by atoms with E-state index in [1.807, 2.05) is 0 Å². The second kappa shape index (κ2) is 4.55. The summed E-state index contributed by atoms with van der Waals surface area (Å²) in [7, 11) is 0. The highest BCUT2D eigenvalue weighted by Crippen LogP contribution is 2.28. The topological polar surface area (TPSA) is 61.2 Å². The first-order valence-corrected chi connectivity index (χ1v) is 5.68. The van der Waals surface area contributed by atoms with Crippen LogP contribution in [-0.4, -0.2) is 17.1 Å². The van der Waals surface area contributed by atoms with Crippen molar-refractivity contribution in [3.05, 3.63) is 30.1 Å². The summed E-state index contributed by atoms with van der Waals surface area (Å²) in [5, 5.41) is 9.65. The number of benzene rings is 1. The van der Waals surface area contributed by atoms with Gasteiger partial charge in [0, 0.05) is 6.42 Å². The molecule has 1 aromatic rings. The molecule has 2 rings (SSSR count). The van der Waals surface area contributed by atoms with Gasteiger partial charge >= 0.3 is 0 Å². The Kier molecular flexibility index (Phi) is 3.11. The molecule has 1 fully saturated rings. The van der Waals surface area contributed by atoms with Gasteiger partial charge in [0.1, 0.15) is 16.5 Å². The van der Waals surface area contributed by atoms with Gasteiger partial charge in [-0.05, 0) is 36.0 Å². The van der Waals surface area contributed by atoms with Gasteiger partial charge in [0.15, 0.2) is 0 Å². The maximum atomic E-state index is 12.7. The number of amides is 2. The highest BCUT2D eigenvalue weighted by Gasteiger charge is 2.40. The molecule has 0 bridgehead atoms. The van der Waals surface area contributed by atoms with Crippen molar-refractivity contribution in [1.82, 2.24) is 0 Å². The molecule has 1 aliphatic rings. The Balaban J connectivity index is 2.28. The molecule has 1 aliphatic heterocycles. The summed E-state index contributed by atoms with van der Waals surface area (Å²) >= 11 is 0.772. The summed E-state index contributed by atoms with van der Waals surface area (Å²) in [6.45, 7) is 0. The van der Waals surface area contributed by atoms with Gasteiger partial charge in [-0.3, -0.25) is 9.59 Å². The minimum atomic E-state index is -0.655. The molecule has 1 saturated heterocycles. The van der Waals surface area contributed by atoms with E-state index in [-0.39, 0.29) is 12.3 Å². The van der Waals surface area contributed by atoms with Gasteiger partial charge in [-0.2, -0.15) is 5.26 Å². The number of thioether (sulfide) groups is 1. The number of carbonyl (C=O) groups excluding carboxylic acids is 2. The van der Waals surface area contributed by atoms with Gasteiger partial charge in [-0.15, -0.1) is 0 Å². The predicted octanol–water partition coefficient (Wildman–Crippen LogP) is 1.67. The lowest BCUT2D eigenvalue weighted by Crippen LogP contribution is -2.30. The lowest BCUT2D eigenvalue weighted by molar-refractivity contribution is -0.121. The fraction of sp³-hybridized carbons (Fsp3) is 0.182. The number of rotatable bonds is 2. The SMILES string of the molecule is N#CS[C@H]1CC(=O)N(c2ccc(F)cc2)C1=O. The molecule has 0 radical (unpaired) electrons. The van der Waals surface area contributed by atoms with Crippen molar-refractivity contribution >= 4 is 29.3 Å². The van der Waals surface area contributed by atoms with Crippen LogP contribution in [0.3, 0.4) is 0 Å². The van der Waals surface area contributed by atoms with E-state index in [1.165, 1.54) is 24.3 Å². The quantitative estimate of drug-likeness (QED) is 0.591. The molecule has 0 N–H and O–H groups in total. The van der Waals surface area contributed by atoms with E-state index in [9.17, 15) is 14.0 Å². The number of hydrogen-bond acceptors (Lipinski definition) is 4. The van der Waals surface area contributed by atoms with Crippen LogP contribution in [-0.2, 0) is 9.59 Å². The van der Waals surface area contributed by atoms with E-state index in [1.54, 1.807) is 5.40 Å². The summed E-state index contributed by atoms with van der Waals surface area (Å²) in [5.41, 5.74) is 0.336. The lowest BCUT2D eigenvalue weighted by atomic mass is 10.3. The standard InChI is InChI=1S/C11H7FN2O2S/c12-7-1-3-8(4-2-7)14-10(15)5-9(11(14)16)17-6-13/h1-4,9H,5H2/t9-/m0/s1. The second-order valence-corrected chi connectivity index (χ2v) is 4.43. The Labute approximate surface area is 101 Å². The Morgan fingerprint density at radius 2 is 2.00 bits per heavy atom. The van der Waals surface area contributed by atoms with Gasteiger partial charge in [0.25, 0.3) is 0 Å². The summed E-state index contributed by atoms with van der Waals surface area (Å²) in [4.78, 5) is 24.5. The lowest BCUT2D eigenvalue weighted by Gasteiger charge is -2.13. The molecular formula is C11H7FN2O2S. The highest BCUT2D eigenvalue weighted by atomic mass is 32.2. The van der Waals surface area contributed by atoms with E-state index in [4.69, 9.17) is 5.26 Å². The van der Waals surface area contributed by atoms with E-state index >= 15 is 0 Å². The van der Waals surface area contributed by atoms with Gasteiger partial charge in [-0.25, -0.2) is 9.29 Å². The van der Waals surface area contributed by atoms with E-state index < -0.39 is 17.0 Å². The number of carbonyl (C=O) groups is 2. The Morgan fingerprint density at radius 3 is 2.59 bits per heavy atom. The van der Waals surface area contributed by atoms with Crippen LogP contribution in [0.15, 0.2) is 24.3 Å². The van der Waals surface area contributed by atoms with Crippen LogP contribution < -0.4 is 4.90 Å². The molecule has 0 spiro atoms. The number of nitriles is 1. The molecule has 2 amide bonds. The molecule has 6 heteroatoms. The van der Waals surface area contributed by atoms with Crippen LogP contribution >= 0.6 is 11.8 Å². The van der Waals surface area contributed by atoms with Crippen LogP contribution in [0.25, 0.3) is 0 Å². The molecule has 1 heterocycles. The minimum absolute atomic E-state index is 0.00837. The maximum absolute atomic E-state index is 12.7. The molecule has 17 heavy (non-hydrogen) atoms. The van der Waals surface area contributed by atoms with Crippen LogP contribution in [0.2, 0.25) is 0 Å². The first-order chi connectivity index (χ1) is 8.13. The predicted molar refractivity (Wildman–Crippen MR) is 60.5 cm³/mol. The summed E-state index contributed by atoms with van der Waals surface area (Å²) < 4.78 is 12.7. The van der Waals surface area contributed by atoms with Crippen LogP contribution in [0.4, 0.5) is 10.1 Å². The van der Waals surface area contributed by atoms with Crippen molar-refractivity contribution < 1.29 is 14.0 Å². The van der Waals surface area contributed by atoms with E-state index in [2.05, 4.69) is 0 Å². The van der Waals surface area contributed by atoms with Crippen LogP contribution in [0.1, 0.15) is 6.42 Å². The highest BCUT2D eigenvalue weighted by molar-refractivity contribution is 8.05. The number of hydrogen-bond donors (Lipinski definition) is 0. The summed E-state index contributed by atoms with van der Waals surface area (Å²) in [6, 6.07) is 5.09. The smallest absolute Gasteiger partial charge is 0.248 e. The van der Waals surface area contributed by atoms with Crippen molar-refractivity contribution in [2.45, 2.75) is 11.7 Å². The molecule has 0 unspecified atom stereocenters.